The first-order chi connectivity index (χ1) is 10.9. The van der Waals surface area contributed by atoms with Crippen molar-refractivity contribution >= 4 is 35.2 Å². The Morgan fingerprint density at radius 2 is 2.00 bits per heavy atom. The van der Waals surface area contributed by atoms with E-state index in [-0.39, 0.29) is 17.3 Å². The number of benzene rings is 1. The topological polar surface area (TPSA) is 71.4 Å². The Morgan fingerprint density at radius 3 is 2.61 bits per heavy atom. The van der Waals surface area contributed by atoms with Crippen LogP contribution in [0.3, 0.4) is 0 Å². The van der Waals surface area contributed by atoms with Crippen LogP contribution in [0.1, 0.15) is 38.2 Å². The van der Waals surface area contributed by atoms with Crippen molar-refractivity contribution in [3.05, 3.63) is 40.4 Å². The molecule has 5 heteroatoms. The number of ketones is 2. The van der Waals surface area contributed by atoms with Gasteiger partial charge in [0.2, 0.25) is 0 Å². The molecule has 1 saturated carbocycles. The first kappa shape index (κ1) is 17.4. The van der Waals surface area contributed by atoms with Gasteiger partial charge in [-0.25, -0.2) is 4.79 Å². The van der Waals surface area contributed by atoms with Crippen molar-refractivity contribution < 1.29 is 19.5 Å². The summed E-state index contributed by atoms with van der Waals surface area (Å²) in [4.78, 5) is 35.8. The van der Waals surface area contributed by atoms with Gasteiger partial charge in [-0.05, 0) is 42.5 Å². The summed E-state index contributed by atoms with van der Waals surface area (Å²) in [5, 5.41) is 9.47. The van der Waals surface area contributed by atoms with Crippen LogP contribution in [0.2, 0.25) is 5.02 Å². The second-order valence-electron chi connectivity index (χ2n) is 6.08. The minimum atomic E-state index is -1.62. The van der Waals surface area contributed by atoms with Gasteiger partial charge in [-0.3, -0.25) is 9.59 Å². The summed E-state index contributed by atoms with van der Waals surface area (Å²) in [6, 6.07) is 6.62. The summed E-state index contributed by atoms with van der Waals surface area (Å²) in [5.41, 5.74) is 0.276. The number of halogens is 1. The molecule has 1 aliphatic rings. The molecule has 0 bridgehead atoms. The van der Waals surface area contributed by atoms with E-state index in [4.69, 9.17) is 16.7 Å². The standard InChI is InChI=1S/C18H19ClO4/c1-11-4-2-6-13(8-11)16(20)15(17(21)18(22)23)10-12-5-3-7-14(19)9-12/h3,5,7,9-11,13H,2,4,6,8H2,1H3,(H,22,23)/b15-10+. The summed E-state index contributed by atoms with van der Waals surface area (Å²) in [5.74, 6) is -3.02. The maximum atomic E-state index is 12.7. The van der Waals surface area contributed by atoms with E-state index < -0.39 is 11.8 Å². The lowest BCUT2D eigenvalue weighted by molar-refractivity contribution is -0.148. The second kappa shape index (κ2) is 7.55. The minimum Gasteiger partial charge on any atom is -0.475 e. The zero-order valence-electron chi connectivity index (χ0n) is 12.9. The van der Waals surface area contributed by atoms with Gasteiger partial charge in [-0.15, -0.1) is 0 Å². The smallest absolute Gasteiger partial charge is 0.377 e. The lowest BCUT2D eigenvalue weighted by atomic mass is 9.78. The number of rotatable bonds is 5. The van der Waals surface area contributed by atoms with E-state index in [1.54, 1.807) is 24.3 Å². The molecule has 0 saturated heterocycles. The first-order valence-corrected chi connectivity index (χ1v) is 8.05. The zero-order chi connectivity index (χ0) is 17.0. The summed E-state index contributed by atoms with van der Waals surface area (Å²) < 4.78 is 0. The van der Waals surface area contributed by atoms with E-state index in [2.05, 4.69) is 6.92 Å². The third-order valence-electron chi connectivity index (χ3n) is 4.17. The van der Waals surface area contributed by atoms with Crippen molar-refractivity contribution in [3.63, 3.8) is 0 Å². The lowest BCUT2D eigenvalue weighted by Crippen LogP contribution is -2.29. The largest absolute Gasteiger partial charge is 0.475 e. The third kappa shape index (κ3) is 4.52. The van der Waals surface area contributed by atoms with E-state index >= 15 is 0 Å². The molecule has 0 aromatic heterocycles. The number of carbonyl (C=O) groups excluding carboxylic acids is 2. The highest BCUT2D eigenvalue weighted by Gasteiger charge is 2.32. The van der Waals surface area contributed by atoms with Crippen LogP contribution in [0, 0.1) is 11.8 Å². The summed E-state index contributed by atoms with van der Waals surface area (Å²) in [6.07, 6.45) is 4.71. The lowest BCUT2D eigenvalue weighted by Gasteiger charge is -2.25. The first-order valence-electron chi connectivity index (χ1n) is 7.67. The molecule has 23 heavy (non-hydrogen) atoms. The molecule has 1 aromatic carbocycles. The van der Waals surface area contributed by atoms with E-state index in [0.29, 0.717) is 29.3 Å². The van der Waals surface area contributed by atoms with Crippen molar-refractivity contribution in [1.82, 2.24) is 0 Å². The second-order valence-corrected chi connectivity index (χ2v) is 6.52. The Labute approximate surface area is 140 Å². The van der Waals surface area contributed by atoms with Gasteiger partial charge in [-0.1, -0.05) is 43.5 Å². The monoisotopic (exact) mass is 334 g/mol. The quantitative estimate of drug-likeness (QED) is 0.385. The average molecular weight is 335 g/mol. The van der Waals surface area contributed by atoms with Crippen LogP contribution in [-0.4, -0.2) is 22.6 Å². The van der Waals surface area contributed by atoms with Gasteiger partial charge in [0.25, 0.3) is 5.78 Å². The van der Waals surface area contributed by atoms with Crippen molar-refractivity contribution in [2.24, 2.45) is 11.8 Å². The van der Waals surface area contributed by atoms with Crippen LogP contribution in [0.4, 0.5) is 0 Å². The summed E-state index contributed by atoms with van der Waals surface area (Å²) in [7, 11) is 0. The van der Waals surface area contributed by atoms with Crippen LogP contribution < -0.4 is 0 Å². The molecular weight excluding hydrogens is 316 g/mol. The van der Waals surface area contributed by atoms with Crippen LogP contribution >= 0.6 is 11.6 Å². The van der Waals surface area contributed by atoms with Gasteiger partial charge in [0, 0.05) is 10.9 Å². The molecule has 0 heterocycles. The van der Waals surface area contributed by atoms with Crippen LogP contribution in [0.25, 0.3) is 6.08 Å². The molecule has 2 unspecified atom stereocenters. The Bertz CT molecular complexity index is 663. The van der Waals surface area contributed by atoms with Gasteiger partial charge in [0.1, 0.15) is 0 Å². The number of carboxylic acids is 1. The molecule has 0 amide bonds. The van der Waals surface area contributed by atoms with Gasteiger partial charge < -0.3 is 5.11 Å². The Kier molecular flexibility index (Phi) is 5.72. The van der Waals surface area contributed by atoms with Gasteiger partial charge in [0.05, 0.1) is 5.57 Å². The van der Waals surface area contributed by atoms with Gasteiger partial charge in [-0.2, -0.15) is 0 Å². The number of carboxylic acid groups (broad SMARTS) is 1. The Balaban J connectivity index is 2.36. The summed E-state index contributed by atoms with van der Waals surface area (Å²) in [6.45, 7) is 2.07. The number of carbonyl (C=O) groups is 3. The highest BCUT2D eigenvalue weighted by Crippen LogP contribution is 2.31. The van der Waals surface area contributed by atoms with Crippen LogP contribution in [-0.2, 0) is 14.4 Å². The number of Topliss-reactive ketones (excluding diaryl/α,β-unsaturated/α-hetero) is 2. The van der Waals surface area contributed by atoms with E-state index in [1.807, 2.05) is 0 Å². The molecule has 1 aliphatic carbocycles. The van der Waals surface area contributed by atoms with E-state index in [0.717, 1.165) is 12.8 Å². The predicted octanol–water partition coefficient (Wildman–Crippen LogP) is 3.77. The predicted molar refractivity (Wildman–Crippen MR) is 88.2 cm³/mol. The Hall–Kier alpha value is -1.94. The fourth-order valence-electron chi connectivity index (χ4n) is 3.02. The van der Waals surface area contributed by atoms with E-state index in [1.165, 1.54) is 6.08 Å². The molecule has 0 radical (unpaired) electrons. The fourth-order valence-corrected chi connectivity index (χ4v) is 3.22. The SMILES string of the molecule is CC1CCCC(C(=O)/C(=C\c2cccc(Cl)c2)C(=O)C(=O)O)C1. The highest BCUT2D eigenvalue weighted by atomic mass is 35.5. The number of hydrogen-bond donors (Lipinski definition) is 1. The average Bonchev–Trinajstić information content (AvgIpc) is 2.51. The maximum Gasteiger partial charge on any atom is 0.377 e. The normalized spacial score (nSPS) is 21.7. The summed E-state index contributed by atoms with van der Waals surface area (Å²) >= 11 is 5.90. The van der Waals surface area contributed by atoms with E-state index in [9.17, 15) is 14.4 Å². The molecule has 0 spiro atoms. The van der Waals surface area contributed by atoms with Gasteiger partial charge >= 0.3 is 5.97 Å². The molecule has 2 rings (SSSR count). The number of aliphatic carboxylic acids is 1. The molecule has 2 atom stereocenters. The van der Waals surface area contributed by atoms with Crippen molar-refractivity contribution in [3.8, 4) is 0 Å². The third-order valence-corrected chi connectivity index (χ3v) is 4.41. The zero-order valence-corrected chi connectivity index (χ0v) is 13.7. The minimum absolute atomic E-state index is 0.265. The maximum absolute atomic E-state index is 12.7. The van der Waals surface area contributed by atoms with Crippen molar-refractivity contribution in [1.29, 1.82) is 0 Å². The molecule has 1 N–H and O–H groups in total. The molecule has 122 valence electrons. The van der Waals surface area contributed by atoms with Crippen LogP contribution in [0.15, 0.2) is 29.8 Å². The van der Waals surface area contributed by atoms with Crippen LogP contribution in [0.5, 0.6) is 0 Å². The van der Waals surface area contributed by atoms with Crippen molar-refractivity contribution in [2.75, 3.05) is 0 Å². The molecule has 4 nitrogen and oxygen atoms in total. The molecular formula is C18H19ClO4. The molecule has 1 fully saturated rings. The molecule has 0 aliphatic heterocycles. The highest BCUT2D eigenvalue weighted by molar-refractivity contribution is 6.48. The van der Waals surface area contributed by atoms with Gasteiger partial charge in [0.15, 0.2) is 5.78 Å². The molecule has 1 aromatic rings. The number of hydrogen-bond acceptors (Lipinski definition) is 3. The Morgan fingerprint density at radius 1 is 1.26 bits per heavy atom. The fraction of sp³-hybridized carbons (Fsp3) is 0.389. The van der Waals surface area contributed by atoms with Crippen molar-refractivity contribution in [2.45, 2.75) is 32.6 Å².